The average molecular weight is 276 g/mol. The van der Waals surface area contributed by atoms with Gasteiger partial charge in [-0.05, 0) is 37.5 Å². The van der Waals surface area contributed by atoms with Crippen LogP contribution >= 0.6 is 11.3 Å². The van der Waals surface area contributed by atoms with Gasteiger partial charge in [-0.25, -0.2) is 4.98 Å². The van der Waals surface area contributed by atoms with Gasteiger partial charge in [0.05, 0.1) is 17.5 Å². The lowest BCUT2D eigenvalue weighted by Crippen LogP contribution is -2.34. The fraction of sp³-hybridized carbons (Fsp3) is 0.429. The largest absolute Gasteiger partial charge is 0.379 e. The number of thiophene rings is 1. The Balaban J connectivity index is 1.94. The Kier molecular flexibility index (Phi) is 3.24. The van der Waals surface area contributed by atoms with Crippen LogP contribution in [0, 0.1) is 13.8 Å². The van der Waals surface area contributed by atoms with Crippen molar-refractivity contribution in [2.75, 3.05) is 13.2 Å². The first-order chi connectivity index (χ1) is 9.16. The van der Waals surface area contributed by atoms with E-state index in [1.165, 1.54) is 16.9 Å². The second-order valence-corrected chi connectivity index (χ2v) is 5.90. The lowest BCUT2D eigenvalue weighted by atomic mass is 10.1. The summed E-state index contributed by atoms with van der Waals surface area (Å²) in [6, 6.07) is 2.13. The van der Waals surface area contributed by atoms with Crippen LogP contribution in [-0.2, 0) is 4.74 Å². The maximum absolute atomic E-state index is 12.3. The third kappa shape index (κ3) is 2.24. The molecule has 1 aliphatic rings. The zero-order chi connectivity index (χ0) is 13.4. The highest BCUT2D eigenvalue weighted by molar-refractivity contribution is 7.20. The predicted octanol–water partition coefficient (Wildman–Crippen LogP) is 2.43. The van der Waals surface area contributed by atoms with Crippen molar-refractivity contribution >= 4 is 27.5 Å². The minimum Gasteiger partial charge on any atom is -0.379 e. The summed E-state index contributed by atoms with van der Waals surface area (Å²) in [5, 5.41) is 4.15. The van der Waals surface area contributed by atoms with Crippen molar-refractivity contribution in [1.29, 1.82) is 0 Å². The van der Waals surface area contributed by atoms with E-state index in [1.54, 1.807) is 6.20 Å². The second kappa shape index (κ2) is 4.90. The average Bonchev–Trinajstić information content (AvgIpc) is 2.98. The number of carbonyl (C=O) groups excluding carboxylic acids is 1. The monoisotopic (exact) mass is 276 g/mol. The molecule has 0 aromatic carbocycles. The minimum atomic E-state index is -0.00426. The first-order valence-corrected chi connectivity index (χ1v) is 7.22. The van der Waals surface area contributed by atoms with Crippen molar-refractivity contribution < 1.29 is 9.53 Å². The highest BCUT2D eigenvalue weighted by atomic mass is 32.1. The van der Waals surface area contributed by atoms with Crippen molar-refractivity contribution in [2.24, 2.45) is 0 Å². The third-order valence-electron chi connectivity index (χ3n) is 3.51. The number of hydrogen-bond acceptors (Lipinski definition) is 4. The molecule has 1 atom stereocenters. The molecule has 2 aromatic rings. The van der Waals surface area contributed by atoms with Crippen LogP contribution < -0.4 is 5.32 Å². The van der Waals surface area contributed by atoms with Gasteiger partial charge in [0.1, 0.15) is 4.83 Å². The molecule has 1 fully saturated rings. The maximum Gasteiger partial charge on any atom is 0.262 e. The van der Waals surface area contributed by atoms with E-state index in [2.05, 4.69) is 17.2 Å². The molecule has 0 aliphatic carbocycles. The SMILES string of the molecule is Cc1ccnc2sc(C(=O)NC3CCOC3)c(C)c12. The lowest BCUT2D eigenvalue weighted by molar-refractivity contribution is 0.0933. The van der Waals surface area contributed by atoms with Crippen LogP contribution in [0.25, 0.3) is 10.2 Å². The number of amides is 1. The number of hydrogen-bond donors (Lipinski definition) is 1. The number of rotatable bonds is 2. The van der Waals surface area contributed by atoms with Gasteiger partial charge < -0.3 is 10.1 Å². The van der Waals surface area contributed by atoms with E-state index in [0.717, 1.165) is 33.7 Å². The number of carbonyl (C=O) groups is 1. The Morgan fingerprint density at radius 1 is 1.53 bits per heavy atom. The summed E-state index contributed by atoms with van der Waals surface area (Å²) < 4.78 is 5.28. The molecular formula is C14H16N2O2S. The quantitative estimate of drug-likeness (QED) is 0.916. The van der Waals surface area contributed by atoms with Crippen molar-refractivity contribution in [3.8, 4) is 0 Å². The van der Waals surface area contributed by atoms with Gasteiger partial charge in [0.15, 0.2) is 0 Å². The van der Waals surface area contributed by atoms with E-state index in [-0.39, 0.29) is 11.9 Å². The summed E-state index contributed by atoms with van der Waals surface area (Å²) >= 11 is 1.47. The molecule has 19 heavy (non-hydrogen) atoms. The normalized spacial score (nSPS) is 18.9. The van der Waals surface area contributed by atoms with Gasteiger partial charge in [-0.2, -0.15) is 0 Å². The molecule has 3 rings (SSSR count). The molecule has 1 aliphatic heterocycles. The molecule has 1 saturated heterocycles. The van der Waals surface area contributed by atoms with Gasteiger partial charge in [-0.3, -0.25) is 4.79 Å². The Hall–Kier alpha value is -1.46. The Labute approximate surface area is 115 Å². The number of pyridine rings is 1. The zero-order valence-corrected chi connectivity index (χ0v) is 11.8. The van der Waals surface area contributed by atoms with E-state index in [4.69, 9.17) is 4.74 Å². The summed E-state index contributed by atoms with van der Waals surface area (Å²) in [5.41, 5.74) is 2.20. The first kappa shape index (κ1) is 12.6. The van der Waals surface area contributed by atoms with E-state index < -0.39 is 0 Å². The Morgan fingerprint density at radius 3 is 3.05 bits per heavy atom. The summed E-state index contributed by atoms with van der Waals surface area (Å²) in [4.78, 5) is 18.4. The molecule has 1 N–H and O–H groups in total. The molecule has 0 radical (unpaired) electrons. The number of nitrogens with zero attached hydrogens (tertiary/aromatic N) is 1. The first-order valence-electron chi connectivity index (χ1n) is 6.40. The Morgan fingerprint density at radius 2 is 2.37 bits per heavy atom. The molecule has 0 bridgehead atoms. The number of aromatic nitrogens is 1. The smallest absolute Gasteiger partial charge is 0.262 e. The van der Waals surface area contributed by atoms with Crippen LogP contribution in [0.4, 0.5) is 0 Å². The summed E-state index contributed by atoms with van der Waals surface area (Å²) in [5.74, 6) is -0.00426. The topological polar surface area (TPSA) is 51.2 Å². The molecule has 0 spiro atoms. The van der Waals surface area contributed by atoms with E-state index in [1.807, 2.05) is 13.0 Å². The molecule has 0 saturated carbocycles. The van der Waals surface area contributed by atoms with Gasteiger partial charge in [0, 0.05) is 18.2 Å². The second-order valence-electron chi connectivity index (χ2n) is 4.90. The molecule has 5 heteroatoms. The molecule has 100 valence electrons. The fourth-order valence-corrected chi connectivity index (χ4v) is 3.60. The summed E-state index contributed by atoms with van der Waals surface area (Å²) in [6.07, 6.45) is 2.69. The number of fused-ring (bicyclic) bond motifs is 1. The van der Waals surface area contributed by atoms with Crippen LogP contribution in [0.1, 0.15) is 27.2 Å². The minimum absolute atomic E-state index is 0.00426. The van der Waals surface area contributed by atoms with Crippen LogP contribution in [0.2, 0.25) is 0 Å². The number of aryl methyl sites for hydroxylation is 2. The van der Waals surface area contributed by atoms with E-state index in [0.29, 0.717) is 6.61 Å². The summed E-state index contributed by atoms with van der Waals surface area (Å²) in [6.45, 7) is 5.40. The van der Waals surface area contributed by atoms with E-state index >= 15 is 0 Å². The molecule has 3 heterocycles. The number of ether oxygens (including phenoxy) is 1. The summed E-state index contributed by atoms with van der Waals surface area (Å²) in [7, 11) is 0. The van der Waals surface area contributed by atoms with Crippen LogP contribution in [-0.4, -0.2) is 30.1 Å². The van der Waals surface area contributed by atoms with Crippen molar-refractivity contribution in [3.63, 3.8) is 0 Å². The molecule has 1 amide bonds. The van der Waals surface area contributed by atoms with Gasteiger partial charge >= 0.3 is 0 Å². The zero-order valence-electron chi connectivity index (χ0n) is 11.0. The Bertz CT molecular complexity index is 630. The molecular weight excluding hydrogens is 260 g/mol. The van der Waals surface area contributed by atoms with Crippen molar-refractivity contribution in [3.05, 3.63) is 28.3 Å². The highest BCUT2D eigenvalue weighted by Crippen LogP contribution is 2.31. The lowest BCUT2D eigenvalue weighted by Gasteiger charge is -2.09. The van der Waals surface area contributed by atoms with Gasteiger partial charge in [0.25, 0.3) is 5.91 Å². The standard InChI is InChI=1S/C14H16N2O2S/c1-8-3-5-15-14-11(8)9(2)12(19-14)13(17)16-10-4-6-18-7-10/h3,5,10H,4,6-7H2,1-2H3,(H,16,17). The maximum atomic E-state index is 12.3. The molecule has 2 aromatic heterocycles. The molecule has 1 unspecified atom stereocenters. The third-order valence-corrected chi connectivity index (χ3v) is 4.71. The molecule has 4 nitrogen and oxygen atoms in total. The van der Waals surface area contributed by atoms with Crippen LogP contribution in [0.3, 0.4) is 0 Å². The van der Waals surface area contributed by atoms with Crippen molar-refractivity contribution in [2.45, 2.75) is 26.3 Å². The van der Waals surface area contributed by atoms with Crippen LogP contribution in [0.15, 0.2) is 12.3 Å². The fourth-order valence-electron chi connectivity index (χ4n) is 2.47. The predicted molar refractivity (Wildman–Crippen MR) is 75.8 cm³/mol. The number of nitrogens with one attached hydrogen (secondary N) is 1. The van der Waals surface area contributed by atoms with Gasteiger partial charge in [-0.1, -0.05) is 0 Å². The van der Waals surface area contributed by atoms with E-state index in [9.17, 15) is 4.79 Å². The van der Waals surface area contributed by atoms with Gasteiger partial charge in [-0.15, -0.1) is 11.3 Å². The van der Waals surface area contributed by atoms with Gasteiger partial charge in [0.2, 0.25) is 0 Å². The highest BCUT2D eigenvalue weighted by Gasteiger charge is 2.22. The van der Waals surface area contributed by atoms with Crippen molar-refractivity contribution in [1.82, 2.24) is 10.3 Å². The van der Waals surface area contributed by atoms with Crippen LogP contribution in [0.5, 0.6) is 0 Å².